The fraction of sp³-hybridized carbons (Fsp3) is 0.273. The van der Waals surface area contributed by atoms with Crippen LogP contribution in [0.3, 0.4) is 0 Å². The number of aryl methyl sites for hydroxylation is 2. The topological polar surface area (TPSA) is 118 Å². The molecule has 0 radical (unpaired) electrons. The molecule has 0 aliphatic carbocycles. The molecule has 4 aromatic rings. The highest BCUT2D eigenvalue weighted by Gasteiger charge is 2.32. The number of fused-ring (bicyclic) bond motifs is 1. The first-order valence-electron chi connectivity index (χ1n) is 13.9. The summed E-state index contributed by atoms with van der Waals surface area (Å²) in [6.07, 6.45) is 0.393. The summed E-state index contributed by atoms with van der Waals surface area (Å²) in [6, 6.07) is 22.3. The van der Waals surface area contributed by atoms with Crippen molar-refractivity contribution >= 4 is 29.0 Å². The fourth-order valence-corrected chi connectivity index (χ4v) is 5.06. The zero-order valence-corrected chi connectivity index (χ0v) is 24.1. The van der Waals surface area contributed by atoms with Crippen LogP contribution < -0.4 is 10.2 Å². The van der Waals surface area contributed by atoms with Crippen LogP contribution in [0.15, 0.2) is 82.2 Å². The third kappa shape index (κ3) is 6.20. The van der Waals surface area contributed by atoms with Crippen LogP contribution in [-0.2, 0) is 16.0 Å². The summed E-state index contributed by atoms with van der Waals surface area (Å²) in [7, 11) is 0. The monoisotopic (exact) mass is 563 g/mol. The normalized spacial score (nSPS) is 13.8. The van der Waals surface area contributed by atoms with E-state index in [-0.39, 0.29) is 30.8 Å². The number of ketones is 1. The Balaban J connectivity index is 1.33. The van der Waals surface area contributed by atoms with E-state index >= 15 is 0 Å². The van der Waals surface area contributed by atoms with Gasteiger partial charge in [0.15, 0.2) is 0 Å². The number of carbonyl (C=O) groups is 3. The maximum Gasteiger partial charge on any atom is 0.286 e. The van der Waals surface area contributed by atoms with E-state index in [4.69, 9.17) is 4.42 Å². The van der Waals surface area contributed by atoms with Gasteiger partial charge in [0.2, 0.25) is 23.5 Å². The molecule has 2 amide bonds. The Morgan fingerprint density at radius 2 is 1.69 bits per heavy atom. The van der Waals surface area contributed by atoms with Crippen LogP contribution in [0, 0.1) is 19.8 Å². The van der Waals surface area contributed by atoms with Crippen LogP contribution in [0.25, 0.3) is 0 Å². The number of Topliss-reactive ketones (excluding diaryl/α,β-unsaturated/α-hetero) is 1. The van der Waals surface area contributed by atoms with Crippen LogP contribution in [0.2, 0.25) is 0 Å². The molecule has 214 valence electrons. The van der Waals surface area contributed by atoms with Gasteiger partial charge in [-0.05, 0) is 37.0 Å². The van der Waals surface area contributed by atoms with E-state index in [2.05, 4.69) is 20.5 Å². The van der Waals surface area contributed by atoms with E-state index in [1.165, 1.54) is 4.90 Å². The number of para-hydroxylation sites is 1. The number of hydrogen-bond donors (Lipinski definition) is 1. The SMILES string of the molecule is Cc1cccc(Cc2nnc(C(=O)[C@@H](NC(=O)CN3C(=O)CN=C(c4ccccc4C)c4ccccc43)C(C)C)o2)c1. The van der Waals surface area contributed by atoms with Gasteiger partial charge in [-0.3, -0.25) is 19.4 Å². The van der Waals surface area contributed by atoms with Crippen LogP contribution >= 0.6 is 0 Å². The highest BCUT2D eigenvalue weighted by atomic mass is 16.4. The average molecular weight is 564 g/mol. The molecule has 9 heteroatoms. The summed E-state index contributed by atoms with van der Waals surface area (Å²) in [5.41, 5.74) is 6.10. The van der Waals surface area contributed by atoms with Crippen molar-refractivity contribution < 1.29 is 18.8 Å². The minimum absolute atomic E-state index is 0.107. The van der Waals surface area contributed by atoms with Crippen LogP contribution in [-0.4, -0.2) is 52.6 Å². The molecule has 3 aromatic carbocycles. The predicted molar refractivity (Wildman–Crippen MR) is 160 cm³/mol. The number of carbonyl (C=O) groups excluding carboxylic acids is 3. The van der Waals surface area contributed by atoms with Crippen molar-refractivity contribution in [2.75, 3.05) is 18.0 Å². The van der Waals surface area contributed by atoms with Crippen molar-refractivity contribution in [3.8, 4) is 0 Å². The molecule has 1 aromatic heterocycles. The van der Waals surface area contributed by atoms with Crippen molar-refractivity contribution in [2.24, 2.45) is 10.9 Å². The molecule has 2 heterocycles. The maximum atomic E-state index is 13.4. The summed E-state index contributed by atoms with van der Waals surface area (Å²) in [6.45, 7) is 7.25. The van der Waals surface area contributed by atoms with Gasteiger partial charge in [-0.15, -0.1) is 10.2 Å². The zero-order valence-electron chi connectivity index (χ0n) is 24.1. The lowest BCUT2D eigenvalue weighted by Gasteiger charge is -2.25. The molecule has 0 saturated heterocycles. The predicted octanol–water partition coefficient (Wildman–Crippen LogP) is 4.48. The van der Waals surface area contributed by atoms with Gasteiger partial charge >= 0.3 is 0 Å². The summed E-state index contributed by atoms with van der Waals surface area (Å²) < 4.78 is 5.69. The number of anilines is 1. The second kappa shape index (κ2) is 12.3. The van der Waals surface area contributed by atoms with Crippen molar-refractivity contribution in [3.63, 3.8) is 0 Å². The highest BCUT2D eigenvalue weighted by molar-refractivity contribution is 6.20. The van der Waals surface area contributed by atoms with E-state index < -0.39 is 17.7 Å². The smallest absolute Gasteiger partial charge is 0.286 e. The first kappa shape index (κ1) is 28.6. The Labute approximate surface area is 244 Å². The van der Waals surface area contributed by atoms with Gasteiger partial charge in [0.25, 0.3) is 5.89 Å². The third-order valence-electron chi connectivity index (χ3n) is 7.21. The lowest BCUT2D eigenvalue weighted by atomic mass is 9.96. The first-order chi connectivity index (χ1) is 20.2. The summed E-state index contributed by atoms with van der Waals surface area (Å²) in [5, 5.41) is 10.8. The molecule has 0 spiro atoms. The van der Waals surface area contributed by atoms with Crippen molar-refractivity contribution in [1.29, 1.82) is 0 Å². The van der Waals surface area contributed by atoms with E-state index in [1.54, 1.807) is 6.07 Å². The quantitative estimate of drug-likeness (QED) is 0.300. The number of aliphatic imine (C=N–C) groups is 1. The molecule has 0 bridgehead atoms. The van der Waals surface area contributed by atoms with Gasteiger partial charge in [-0.2, -0.15) is 0 Å². The molecule has 42 heavy (non-hydrogen) atoms. The molecule has 9 nitrogen and oxygen atoms in total. The summed E-state index contributed by atoms with van der Waals surface area (Å²) >= 11 is 0. The number of amides is 2. The second-order valence-electron chi connectivity index (χ2n) is 10.8. The Morgan fingerprint density at radius 3 is 2.43 bits per heavy atom. The Kier molecular flexibility index (Phi) is 8.38. The Morgan fingerprint density at radius 1 is 0.952 bits per heavy atom. The summed E-state index contributed by atoms with van der Waals surface area (Å²) in [4.78, 5) is 46.1. The van der Waals surface area contributed by atoms with Gasteiger partial charge in [-0.25, -0.2) is 0 Å². The number of nitrogens with one attached hydrogen (secondary N) is 1. The molecule has 0 saturated carbocycles. The van der Waals surface area contributed by atoms with E-state index in [0.717, 1.165) is 27.8 Å². The number of hydrogen-bond acceptors (Lipinski definition) is 7. The molecule has 1 aliphatic heterocycles. The molecule has 1 aliphatic rings. The lowest BCUT2D eigenvalue weighted by molar-refractivity contribution is -0.123. The number of nitrogens with zero attached hydrogens (tertiary/aromatic N) is 4. The van der Waals surface area contributed by atoms with Crippen LogP contribution in [0.5, 0.6) is 0 Å². The van der Waals surface area contributed by atoms with Gasteiger partial charge < -0.3 is 14.6 Å². The van der Waals surface area contributed by atoms with Crippen LogP contribution in [0.1, 0.15) is 58.2 Å². The van der Waals surface area contributed by atoms with Crippen LogP contribution in [0.4, 0.5) is 5.69 Å². The van der Waals surface area contributed by atoms with Gasteiger partial charge in [0.1, 0.15) is 13.1 Å². The molecule has 0 fully saturated rings. The van der Waals surface area contributed by atoms with Crippen molar-refractivity contribution in [2.45, 2.75) is 40.2 Å². The van der Waals surface area contributed by atoms with E-state index in [1.807, 2.05) is 94.4 Å². The van der Waals surface area contributed by atoms with E-state index in [9.17, 15) is 14.4 Å². The molecular weight excluding hydrogens is 530 g/mol. The average Bonchev–Trinajstić information content (AvgIpc) is 3.38. The number of benzene rings is 3. The lowest BCUT2D eigenvalue weighted by Crippen LogP contribution is -2.49. The summed E-state index contributed by atoms with van der Waals surface area (Å²) in [5.74, 6) is -1.39. The minimum atomic E-state index is -0.916. The molecule has 1 atom stereocenters. The standard InChI is InChI=1S/C33H33N5O4/c1-20(2)30(32(41)33-37-36-28(42-33)17-23-12-9-10-21(3)16-23)35-27(39)19-38-26-15-8-7-14-25(26)31(34-18-29(38)40)24-13-6-5-11-22(24)4/h5-16,20,30H,17-19H2,1-4H3,(H,35,39)/t30-/m0/s1. The van der Waals surface area contributed by atoms with Gasteiger partial charge in [0.05, 0.1) is 23.9 Å². The fourth-order valence-electron chi connectivity index (χ4n) is 5.06. The Bertz CT molecular complexity index is 1670. The first-order valence-corrected chi connectivity index (χ1v) is 13.9. The van der Waals surface area contributed by atoms with Gasteiger partial charge in [-0.1, -0.05) is 86.1 Å². The van der Waals surface area contributed by atoms with E-state index in [0.29, 0.717) is 23.7 Å². The second-order valence-corrected chi connectivity index (χ2v) is 10.8. The highest BCUT2D eigenvalue weighted by Crippen LogP contribution is 2.28. The number of rotatable bonds is 9. The minimum Gasteiger partial charge on any atom is -0.418 e. The Hall–Kier alpha value is -4.92. The molecule has 1 N–H and O–H groups in total. The maximum absolute atomic E-state index is 13.4. The molecular formula is C33H33N5O4. The molecule has 0 unspecified atom stereocenters. The third-order valence-corrected chi connectivity index (χ3v) is 7.21. The van der Waals surface area contributed by atoms with Crippen molar-refractivity contribution in [3.05, 3.63) is 112 Å². The van der Waals surface area contributed by atoms with Crippen molar-refractivity contribution in [1.82, 2.24) is 15.5 Å². The van der Waals surface area contributed by atoms with Gasteiger partial charge in [0, 0.05) is 11.1 Å². The largest absolute Gasteiger partial charge is 0.418 e. The number of aromatic nitrogens is 2. The molecule has 5 rings (SSSR count). The number of benzodiazepines with no additional fused rings is 1. The zero-order chi connectivity index (χ0) is 29.8.